The summed E-state index contributed by atoms with van der Waals surface area (Å²) < 4.78 is 0. The SMILES string of the molecule is CCCCCCCCCC=CC(C=Nc1ccc(CCCCC)c(CCCCC)c1)=Nc1ccc(CCCCC)c(CCCCC)c1.[Ni]. The maximum Gasteiger partial charge on any atom is 0.0816 e. The second kappa shape index (κ2) is 29.9. The van der Waals surface area contributed by atoms with Crippen LogP contribution >= 0.6 is 0 Å². The Kier molecular flexibility index (Phi) is 27.4. The van der Waals surface area contributed by atoms with Gasteiger partial charge in [-0.3, -0.25) is 4.99 Å². The average Bonchev–Trinajstić information content (AvgIpc) is 3.08. The maximum atomic E-state index is 5.20. The molecule has 0 bridgehead atoms. The van der Waals surface area contributed by atoms with Crippen LogP contribution in [-0.4, -0.2) is 11.9 Å². The molecule has 2 aromatic carbocycles. The Morgan fingerprint density at radius 2 is 0.896 bits per heavy atom. The molecular weight excluding hydrogens is 627 g/mol. The van der Waals surface area contributed by atoms with Crippen LogP contribution in [-0.2, 0) is 42.2 Å². The van der Waals surface area contributed by atoms with Gasteiger partial charge in [-0.1, -0.05) is 143 Å². The first-order valence-corrected chi connectivity index (χ1v) is 20.2. The van der Waals surface area contributed by atoms with Gasteiger partial charge in [-0.05, 0) is 117 Å². The number of hydrogen-bond donors (Lipinski definition) is 0. The molecule has 0 radical (unpaired) electrons. The van der Waals surface area contributed by atoms with Crippen molar-refractivity contribution in [3.05, 3.63) is 70.8 Å². The molecule has 2 aromatic rings. The van der Waals surface area contributed by atoms with E-state index >= 15 is 0 Å². The molecule has 0 N–H and O–H groups in total. The number of aliphatic imine (C=N–C) groups is 2. The molecule has 48 heavy (non-hydrogen) atoms. The van der Waals surface area contributed by atoms with Crippen molar-refractivity contribution in [3.63, 3.8) is 0 Å². The molecule has 0 saturated heterocycles. The second-order valence-electron chi connectivity index (χ2n) is 13.8. The van der Waals surface area contributed by atoms with E-state index in [9.17, 15) is 0 Å². The van der Waals surface area contributed by atoms with Gasteiger partial charge in [0.05, 0.1) is 23.3 Å². The minimum absolute atomic E-state index is 0. The van der Waals surface area contributed by atoms with Crippen molar-refractivity contribution in [2.45, 2.75) is 189 Å². The van der Waals surface area contributed by atoms with Crippen LogP contribution in [0.4, 0.5) is 11.4 Å². The van der Waals surface area contributed by atoms with Crippen LogP contribution in [0.2, 0.25) is 0 Å². The molecule has 0 aliphatic carbocycles. The third-order valence-corrected chi connectivity index (χ3v) is 9.45. The molecule has 0 aromatic heterocycles. The summed E-state index contributed by atoms with van der Waals surface area (Å²) in [7, 11) is 0. The average molecular weight is 700 g/mol. The number of nitrogens with zero attached hydrogens (tertiary/aromatic N) is 2. The molecule has 272 valence electrons. The Hall–Kier alpha value is -1.99. The van der Waals surface area contributed by atoms with Gasteiger partial charge in [-0.2, -0.15) is 0 Å². The van der Waals surface area contributed by atoms with E-state index in [1.165, 1.54) is 157 Å². The molecule has 0 aliphatic rings. The maximum absolute atomic E-state index is 5.20. The zero-order chi connectivity index (χ0) is 33.8. The van der Waals surface area contributed by atoms with Crippen LogP contribution in [0.15, 0.2) is 58.5 Å². The fourth-order valence-electron chi connectivity index (χ4n) is 6.41. The van der Waals surface area contributed by atoms with E-state index < -0.39 is 0 Å². The molecule has 0 spiro atoms. The number of unbranched alkanes of at least 4 members (excludes halogenated alkanes) is 15. The van der Waals surface area contributed by atoms with E-state index in [1.54, 1.807) is 0 Å². The number of allylic oxidation sites excluding steroid dienone is 2. The fraction of sp³-hybridized carbons (Fsp3) is 0.644. The van der Waals surface area contributed by atoms with Crippen molar-refractivity contribution in [2.75, 3.05) is 0 Å². The third-order valence-electron chi connectivity index (χ3n) is 9.45. The van der Waals surface area contributed by atoms with Crippen molar-refractivity contribution in [1.82, 2.24) is 0 Å². The first-order valence-electron chi connectivity index (χ1n) is 20.2. The van der Waals surface area contributed by atoms with Crippen LogP contribution in [0.1, 0.15) is 185 Å². The van der Waals surface area contributed by atoms with E-state index in [4.69, 9.17) is 9.98 Å². The summed E-state index contributed by atoms with van der Waals surface area (Å²) in [5.41, 5.74) is 9.09. The standard InChI is InChI=1S/C45H72N2.Ni/c1-6-11-16-17-18-19-20-21-26-31-45(47-44-35-33-40(28-23-13-8-3)42(37-44)30-25-15-10-5)38-46-43-34-32-39(27-22-12-7-2)41(36-43)29-24-14-9-4;/h26,31-38H,6-25,27-30H2,1-5H3;. The first-order chi connectivity index (χ1) is 23.1. The van der Waals surface area contributed by atoms with Gasteiger partial charge in [0.2, 0.25) is 0 Å². The van der Waals surface area contributed by atoms with Gasteiger partial charge in [0.25, 0.3) is 0 Å². The van der Waals surface area contributed by atoms with Gasteiger partial charge in [-0.25, -0.2) is 4.99 Å². The first kappa shape index (κ1) is 44.0. The predicted octanol–water partition coefficient (Wildman–Crippen LogP) is 14.8. The second-order valence-corrected chi connectivity index (χ2v) is 13.8. The molecule has 3 heteroatoms. The van der Waals surface area contributed by atoms with Crippen molar-refractivity contribution >= 4 is 23.3 Å². The number of benzene rings is 2. The molecule has 2 nitrogen and oxygen atoms in total. The zero-order valence-electron chi connectivity index (χ0n) is 31.9. The van der Waals surface area contributed by atoms with E-state index in [2.05, 4.69) is 83.2 Å². The molecule has 0 amide bonds. The Morgan fingerprint density at radius 1 is 0.479 bits per heavy atom. The molecule has 0 saturated carbocycles. The van der Waals surface area contributed by atoms with E-state index in [-0.39, 0.29) is 16.5 Å². The van der Waals surface area contributed by atoms with Gasteiger partial charge in [-0.15, -0.1) is 0 Å². The van der Waals surface area contributed by atoms with Gasteiger partial charge >= 0.3 is 0 Å². The summed E-state index contributed by atoms with van der Waals surface area (Å²) in [5.74, 6) is 0. The number of aryl methyl sites for hydroxylation is 4. The summed E-state index contributed by atoms with van der Waals surface area (Å²) in [5, 5.41) is 0. The van der Waals surface area contributed by atoms with Gasteiger partial charge in [0, 0.05) is 16.5 Å². The Labute approximate surface area is 308 Å². The van der Waals surface area contributed by atoms with Crippen LogP contribution in [0, 0.1) is 0 Å². The van der Waals surface area contributed by atoms with E-state index in [0.717, 1.165) is 36.3 Å². The van der Waals surface area contributed by atoms with Crippen molar-refractivity contribution in [3.8, 4) is 0 Å². The molecule has 0 heterocycles. The summed E-state index contributed by atoms with van der Waals surface area (Å²) >= 11 is 0. The predicted molar refractivity (Wildman–Crippen MR) is 213 cm³/mol. The summed E-state index contributed by atoms with van der Waals surface area (Å²) in [6, 6.07) is 13.9. The Bertz CT molecular complexity index is 1160. The number of hydrogen-bond acceptors (Lipinski definition) is 2. The van der Waals surface area contributed by atoms with Crippen LogP contribution in [0.5, 0.6) is 0 Å². The summed E-state index contributed by atoms with van der Waals surface area (Å²) in [6.45, 7) is 11.5. The van der Waals surface area contributed by atoms with Gasteiger partial charge in [0.15, 0.2) is 0 Å². The van der Waals surface area contributed by atoms with Gasteiger partial charge in [0.1, 0.15) is 0 Å². The van der Waals surface area contributed by atoms with Crippen LogP contribution < -0.4 is 0 Å². The molecule has 0 fully saturated rings. The molecule has 2 rings (SSSR count). The van der Waals surface area contributed by atoms with E-state index in [1.807, 2.05) is 6.21 Å². The Balaban J connectivity index is 0.0000115. The third kappa shape index (κ3) is 19.9. The smallest absolute Gasteiger partial charge is 0.0816 e. The van der Waals surface area contributed by atoms with Gasteiger partial charge < -0.3 is 0 Å². The minimum atomic E-state index is 0. The summed E-state index contributed by atoms with van der Waals surface area (Å²) in [6.07, 6.45) is 37.0. The minimum Gasteiger partial charge on any atom is -0.255 e. The normalized spacial score (nSPS) is 12.0. The molecule has 0 aliphatic heterocycles. The van der Waals surface area contributed by atoms with Crippen molar-refractivity contribution in [1.29, 1.82) is 0 Å². The zero-order valence-corrected chi connectivity index (χ0v) is 32.9. The van der Waals surface area contributed by atoms with E-state index in [0.29, 0.717) is 0 Å². The van der Waals surface area contributed by atoms with Crippen LogP contribution in [0.25, 0.3) is 0 Å². The Morgan fingerprint density at radius 3 is 1.42 bits per heavy atom. The quantitative estimate of drug-likeness (QED) is 0.0480. The molecule has 0 atom stereocenters. The fourth-order valence-corrected chi connectivity index (χ4v) is 6.41. The molecular formula is C45H72N2Ni. The van der Waals surface area contributed by atoms with Crippen molar-refractivity contribution < 1.29 is 16.5 Å². The van der Waals surface area contributed by atoms with Crippen LogP contribution in [0.3, 0.4) is 0 Å². The topological polar surface area (TPSA) is 24.7 Å². The van der Waals surface area contributed by atoms with Crippen molar-refractivity contribution in [2.24, 2.45) is 9.98 Å². The largest absolute Gasteiger partial charge is 0.255 e. The summed E-state index contributed by atoms with van der Waals surface area (Å²) in [4.78, 5) is 10.2. The molecule has 0 unspecified atom stereocenters. The number of rotatable bonds is 28. The monoisotopic (exact) mass is 699 g/mol.